The maximum atomic E-state index is 12.4. The number of aryl methyl sites for hydroxylation is 2. The lowest BCUT2D eigenvalue weighted by molar-refractivity contribution is -0.0135. The number of nitrogens with zero attached hydrogens (tertiary/aromatic N) is 3. The number of aromatic nitrogens is 3. The highest BCUT2D eigenvalue weighted by Crippen LogP contribution is 2.29. The number of hydrogen-bond donors (Lipinski definition) is 1. The summed E-state index contributed by atoms with van der Waals surface area (Å²) in [6.45, 7) is 11.1. The molecule has 0 saturated carbocycles. The number of ether oxygens (including phenoxy) is 2. The van der Waals surface area contributed by atoms with Crippen LogP contribution in [0.15, 0.2) is 0 Å². The Hall–Kier alpha value is -1.63. The molecule has 1 aromatic heterocycles. The van der Waals surface area contributed by atoms with Gasteiger partial charge in [0.15, 0.2) is 0 Å². The van der Waals surface area contributed by atoms with Crippen LogP contribution in [0.1, 0.15) is 65.3 Å². The minimum absolute atomic E-state index is 0.0837. The Morgan fingerprint density at radius 1 is 1.26 bits per heavy atom. The van der Waals surface area contributed by atoms with Crippen molar-refractivity contribution in [3.05, 3.63) is 11.4 Å². The molecule has 1 aromatic rings. The third-order valence-corrected chi connectivity index (χ3v) is 5.59. The highest BCUT2D eigenvalue weighted by molar-refractivity contribution is 5.67. The van der Waals surface area contributed by atoms with Crippen molar-refractivity contribution in [1.29, 1.82) is 0 Å². The fourth-order valence-electron chi connectivity index (χ4n) is 3.99. The van der Waals surface area contributed by atoms with E-state index in [4.69, 9.17) is 9.47 Å². The average molecular weight is 381 g/mol. The molecule has 2 atom stereocenters. The summed E-state index contributed by atoms with van der Waals surface area (Å²) in [6, 6.07) is 0. The molecular weight excluding hydrogens is 344 g/mol. The van der Waals surface area contributed by atoms with Gasteiger partial charge in [-0.05, 0) is 57.3 Å². The molecule has 0 fully saturated rings. The first-order chi connectivity index (χ1) is 12.5. The molecule has 154 valence electrons. The molecule has 0 spiro atoms. The number of fused-ring (bicyclic) bond motifs is 1. The maximum absolute atomic E-state index is 12.4. The van der Waals surface area contributed by atoms with E-state index >= 15 is 0 Å². The third kappa shape index (κ3) is 6.19. The SMILES string of the molecule is COC(C)(C)CC(C)(C)CNC(=O)OC1CCc2nnn(C)c2CCC1C. The van der Waals surface area contributed by atoms with Crippen molar-refractivity contribution < 1.29 is 14.3 Å². The summed E-state index contributed by atoms with van der Waals surface area (Å²) >= 11 is 0. The van der Waals surface area contributed by atoms with Crippen molar-refractivity contribution in [2.24, 2.45) is 18.4 Å². The summed E-state index contributed by atoms with van der Waals surface area (Å²) in [5.41, 5.74) is 1.92. The molecule has 1 N–H and O–H groups in total. The Morgan fingerprint density at radius 2 is 1.96 bits per heavy atom. The number of nitrogens with one attached hydrogen (secondary N) is 1. The Balaban J connectivity index is 1.87. The lowest BCUT2D eigenvalue weighted by atomic mass is 9.81. The van der Waals surface area contributed by atoms with Crippen LogP contribution >= 0.6 is 0 Å². The van der Waals surface area contributed by atoms with Crippen LogP contribution in [0.4, 0.5) is 4.79 Å². The Labute approximate surface area is 163 Å². The summed E-state index contributed by atoms with van der Waals surface area (Å²) in [5, 5.41) is 11.3. The molecule has 7 heteroatoms. The van der Waals surface area contributed by atoms with Crippen molar-refractivity contribution in [2.75, 3.05) is 13.7 Å². The quantitative estimate of drug-likeness (QED) is 0.819. The standard InChI is InChI=1S/C20H36N4O3/c1-14-8-10-16-15(22-23-24(16)6)9-11-17(14)27-18(25)21-13-19(2,3)12-20(4,5)26-7/h14,17H,8-13H2,1-7H3,(H,21,25). The first-order valence-electron chi connectivity index (χ1n) is 9.90. The van der Waals surface area contributed by atoms with Gasteiger partial charge >= 0.3 is 6.09 Å². The first-order valence-corrected chi connectivity index (χ1v) is 9.90. The Morgan fingerprint density at radius 3 is 2.63 bits per heavy atom. The summed E-state index contributed by atoms with van der Waals surface area (Å²) in [7, 11) is 3.66. The van der Waals surface area contributed by atoms with Crippen molar-refractivity contribution in [3.63, 3.8) is 0 Å². The van der Waals surface area contributed by atoms with Crippen LogP contribution in [0.25, 0.3) is 0 Å². The van der Waals surface area contributed by atoms with Crippen LogP contribution in [0.5, 0.6) is 0 Å². The second-order valence-corrected chi connectivity index (χ2v) is 9.26. The van der Waals surface area contributed by atoms with Crippen LogP contribution < -0.4 is 5.32 Å². The minimum Gasteiger partial charge on any atom is -0.446 e. The van der Waals surface area contributed by atoms with E-state index in [1.54, 1.807) is 7.11 Å². The fourth-order valence-corrected chi connectivity index (χ4v) is 3.99. The number of hydrogen-bond acceptors (Lipinski definition) is 5. The van der Waals surface area contributed by atoms with E-state index in [1.807, 2.05) is 11.7 Å². The molecule has 1 amide bonds. The highest BCUT2D eigenvalue weighted by atomic mass is 16.6. The molecule has 0 bridgehead atoms. The van der Waals surface area contributed by atoms with Gasteiger partial charge in [0.05, 0.1) is 17.0 Å². The van der Waals surface area contributed by atoms with Crippen LogP contribution in [0.3, 0.4) is 0 Å². The number of amides is 1. The van der Waals surface area contributed by atoms with Gasteiger partial charge in [-0.15, -0.1) is 5.10 Å². The van der Waals surface area contributed by atoms with E-state index in [-0.39, 0.29) is 23.2 Å². The third-order valence-electron chi connectivity index (χ3n) is 5.59. The Kier molecular flexibility index (Phi) is 6.89. The maximum Gasteiger partial charge on any atom is 0.407 e. The topological polar surface area (TPSA) is 78.3 Å². The molecule has 1 aliphatic rings. The molecule has 2 unspecified atom stereocenters. The van der Waals surface area contributed by atoms with Gasteiger partial charge in [-0.3, -0.25) is 4.68 Å². The van der Waals surface area contributed by atoms with Crippen molar-refractivity contribution in [2.45, 2.75) is 78.4 Å². The zero-order valence-electron chi connectivity index (χ0n) is 18.0. The van der Waals surface area contributed by atoms with Gasteiger partial charge in [-0.1, -0.05) is 26.0 Å². The molecule has 27 heavy (non-hydrogen) atoms. The second-order valence-electron chi connectivity index (χ2n) is 9.26. The number of carbonyl (C=O) groups excluding carboxylic acids is 1. The molecule has 2 rings (SSSR count). The predicted molar refractivity (Wildman–Crippen MR) is 105 cm³/mol. The fraction of sp³-hybridized carbons (Fsp3) is 0.850. The number of rotatable bonds is 6. The van der Waals surface area contributed by atoms with E-state index in [2.05, 4.69) is 50.2 Å². The van der Waals surface area contributed by atoms with E-state index in [1.165, 1.54) is 5.69 Å². The number of methoxy groups -OCH3 is 1. The Bertz CT molecular complexity index is 639. The summed E-state index contributed by atoms with van der Waals surface area (Å²) in [4.78, 5) is 12.4. The molecule has 0 aromatic carbocycles. The molecule has 1 aliphatic carbocycles. The van der Waals surface area contributed by atoms with Crippen molar-refractivity contribution in [1.82, 2.24) is 20.3 Å². The zero-order chi connectivity index (χ0) is 20.2. The number of carbonyl (C=O) groups is 1. The number of alkyl carbamates (subject to hydrolysis) is 1. The van der Waals surface area contributed by atoms with Crippen LogP contribution in [0.2, 0.25) is 0 Å². The average Bonchev–Trinajstić information content (AvgIpc) is 2.92. The second kappa shape index (κ2) is 8.59. The van der Waals surface area contributed by atoms with Crippen molar-refractivity contribution in [3.8, 4) is 0 Å². The molecule has 1 heterocycles. The van der Waals surface area contributed by atoms with Gasteiger partial charge in [-0.2, -0.15) is 0 Å². The van der Waals surface area contributed by atoms with Gasteiger partial charge in [0, 0.05) is 20.7 Å². The van der Waals surface area contributed by atoms with E-state index in [0.29, 0.717) is 12.5 Å². The normalized spacial score (nSPS) is 21.1. The molecule has 0 radical (unpaired) electrons. The largest absolute Gasteiger partial charge is 0.446 e. The lowest BCUT2D eigenvalue weighted by Crippen LogP contribution is -2.41. The minimum atomic E-state index is -0.338. The van der Waals surface area contributed by atoms with E-state index in [0.717, 1.165) is 37.8 Å². The van der Waals surface area contributed by atoms with Crippen LogP contribution in [0, 0.1) is 11.3 Å². The monoisotopic (exact) mass is 380 g/mol. The van der Waals surface area contributed by atoms with Crippen LogP contribution in [-0.4, -0.2) is 46.4 Å². The van der Waals surface area contributed by atoms with Gasteiger partial charge < -0.3 is 14.8 Å². The van der Waals surface area contributed by atoms with Gasteiger partial charge in [-0.25, -0.2) is 4.79 Å². The molecule has 7 nitrogen and oxygen atoms in total. The molecule has 0 saturated heterocycles. The van der Waals surface area contributed by atoms with Gasteiger partial charge in [0.1, 0.15) is 6.10 Å². The van der Waals surface area contributed by atoms with Crippen molar-refractivity contribution >= 4 is 6.09 Å². The molecular formula is C20H36N4O3. The summed E-state index contributed by atoms with van der Waals surface area (Å²) in [5.74, 6) is 0.305. The van der Waals surface area contributed by atoms with Gasteiger partial charge in [0.25, 0.3) is 0 Å². The summed E-state index contributed by atoms with van der Waals surface area (Å²) < 4.78 is 13.2. The lowest BCUT2D eigenvalue weighted by Gasteiger charge is -2.34. The molecule has 0 aliphatic heterocycles. The predicted octanol–water partition coefficient (Wildman–Crippen LogP) is 3.27. The van der Waals surface area contributed by atoms with E-state index < -0.39 is 0 Å². The van der Waals surface area contributed by atoms with Crippen LogP contribution in [-0.2, 0) is 29.4 Å². The first kappa shape index (κ1) is 21.7. The zero-order valence-corrected chi connectivity index (χ0v) is 18.0. The van der Waals surface area contributed by atoms with Gasteiger partial charge in [0.2, 0.25) is 0 Å². The van der Waals surface area contributed by atoms with E-state index in [9.17, 15) is 4.79 Å². The smallest absolute Gasteiger partial charge is 0.407 e. The summed E-state index contributed by atoms with van der Waals surface area (Å²) in [6.07, 6.45) is 3.85. The highest BCUT2D eigenvalue weighted by Gasteiger charge is 2.30.